The lowest BCUT2D eigenvalue weighted by atomic mass is 10.1. The highest BCUT2D eigenvalue weighted by Gasteiger charge is 2.27. The van der Waals surface area contributed by atoms with Crippen molar-refractivity contribution in [1.82, 2.24) is 0 Å². The van der Waals surface area contributed by atoms with Gasteiger partial charge < -0.3 is 11.1 Å². The van der Waals surface area contributed by atoms with Gasteiger partial charge in [0.2, 0.25) is 5.91 Å². The van der Waals surface area contributed by atoms with E-state index in [1.165, 1.54) is 6.07 Å². The van der Waals surface area contributed by atoms with Crippen molar-refractivity contribution < 1.29 is 13.2 Å². The summed E-state index contributed by atoms with van der Waals surface area (Å²) < 4.78 is 23.5. The highest BCUT2D eigenvalue weighted by molar-refractivity contribution is 7.91. The molecule has 1 amide bonds. The number of amides is 1. The standard InChI is InChI=1S/C12H16N2O3S.ClH/c1-12(2,13)11(15)14-9-4-3-8-5-6-18(16,17)10(8)7-9;/h3-4,7H,5-6,13H2,1-2H3,(H,14,15);1H. The average molecular weight is 305 g/mol. The third-order valence-corrected chi connectivity index (χ3v) is 4.68. The maximum absolute atomic E-state index is 11.8. The summed E-state index contributed by atoms with van der Waals surface area (Å²) in [5.74, 6) is -0.208. The van der Waals surface area contributed by atoms with Crippen LogP contribution in [0.4, 0.5) is 5.69 Å². The lowest BCUT2D eigenvalue weighted by molar-refractivity contribution is -0.120. The van der Waals surface area contributed by atoms with E-state index in [0.29, 0.717) is 17.0 Å². The predicted octanol–water partition coefficient (Wildman–Crippen LogP) is 1.11. The fourth-order valence-electron chi connectivity index (χ4n) is 1.77. The van der Waals surface area contributed by atoms with Crippen LogP contribution in [0.1, 0.15) is 19.4 Å². The second-order valence-corrected chi connectivity index (χ2v) is 7.14. The summed E-state index contributed by atoms with van der Waals surface area (Å²) in [6, 6.07) is 4.93. The Hall–Kier alpha value is -1.11. The van der Waals surface area contributed by atoms with Crippen LogP contribution in [-0.4, -0.2) is 25.6 Å². The lowest BCUT2D eigenvalue weighted by Crippen LogP contribution is -2.45. The molecule has 1 aliphatic rings. The molecule has 0 radical (unpaired) electrons. The molecule has 1 aliphatic heterocycles. The molecule has 0 saturated heterocycles. The summed E-state index contributed by atoms with van der Waals surface area (Å²) in [5.41, 5.74) is 5.93. The minimum Gasteiger partial charge on any atom is -0.324 e. The largest absolute Gasteiger partial charge is 0.324 e. The third-order valence-electron chi connectivity index (χ3n) is 2.89. The minimum atomic E-state index is -3.18. The fourth-order valence-corrected chi connectivity index (χ4v) is 3.36. The first kappa shape index (κ1) is 15.9. The van der Waals surface area contributed by atoms with E-state index in [2.05, 4.69) is 5.32 Å². The molecule has 0 aliphatic carbocycles. The van der Waals surface area contributed by atoms with E-state index in [1.807, 2.05) is 0 Å². The predicted molar refractivity (Wildman–Crippen MR) is 76.3 cm³/mol. The summed E-state index contributed by atoms with van der Waals surface area (Å²) in [6.45, 7) is 3.18. The second-order valence-electron chi connectivity index (χ2n) is 5.07. The number of fused-ring (bicyclic) bond motifs is 1. The van der Waals surface area contributed by atoms with Gasteiger partial charge in [0.1, 0.15) is 0 Å². The van der Waals surface area contributed by atoms with E-state index < -0.39 is 15.4 Å². The summed E-state index contributed by atoms with van der Waals surface area (Å²) in [4.78, 5) is 12.0. The van der Waals surface area contributed by atoms with Gasteiger partial charge in [-0.05, 0) is 38.0 Å². The molecule has 1 aromatic carbocycles. The van der Waals surface area contributed by atoms with Crippen molar-refractivity contribution in [3.05, 3.63) is 23.8 Å². The monoisotopic (exact) mass is 304 g/mol. The van der Waals surface area contributed by atoms with Gasteiger partial charge in [-0.1, -0.05) is 6.07 Å². The normalized spacial score (nSPS) is 16.4. The zero-order valence-electron chi connectivity index (χ0n) is 10.8. The number of benzene rings is 1. The molecule has 0 aromatic heterocycles. The van der Waals surface area contributed by atoms with Gasteiger partial charge in [0.05, 0.1) is 16.2 Å². The summed E-state index contributed by atoms with van der Waals surface area (Å²) in [7, 11) is -3.18. The number of hydrogen-bond acceptors (Lipinski definition) is 4. The molecule has 0 atom stereocenters. The summed E-state index contributed by atoms with van der Waals surface area (Å²) in [6.07, 6.45) is 0.536. The van der Waals surface area contributed by atoms with Crippen LogP contribution >= 0.6 is 12.4 Å². The Labute approximate surface area is 118 Å². The number of carbonyl (C=O) groups is 1. The van der Waals surface area contributed by atoms with Gasteiger partial charge in [-0.15, -0.1) is 12.4 Å². The smallest absolute Gasteiger partial charge is 0.243 e. The topological polar surface area (TPSA) is 89.3 Å². The van der Waals surface area contributed by atoms with Crippen molar-refractivity contribution in [2.75, 3.05) is 11.1 Å². The van der Waals surface area contributed by atoms with Gasteiger partial charge in [0.15, 0.2) is 9.84 Å². The molecule has 0 spiro atoms. The highest BCUT2D eigenvalue weighted by Crippen LogP contribution is 2.28. The lowest BCUT2D eigenvalue weighted by Gasteiger charge is -2.18. The molecule has 0 fully saturated rings. The number of nitrogens with two attached hydrogens (primary N) is 1. The molecule has 106 valence electrons. The maximum atomic E-state index is 11.8. The number of rotatable bonds is 2. The highest BCUT2D eigenvalue weighted by atomic mass is 35.5. The molecule has 3 N–H and O–H groups in total. The van der Waals surface area contributed by atoms with Crippen LogP contribution < -0.4 is 11.1 Å². The van der Waals surface area contributed by atoms with Crippen molar-refractivity contribution in [2.45, 2.75) is 30.7 Å². The number of aryl methyl sites for hydroxylation is 1. The Kier molecular flexibility index (Phi) is 4.29. The average Bonchev–Trinajstić information content (AvgIpc) is 2.54. The van der Waals surface area contributed by atoms with Gasteiger partial charge in [0, 0.05) is 5.69 Å². The Balaban J connectivity index is 0.00000180. The van der Waals surface area contributed by atoms with Crippen LogP contribution in [0.25, 0.3) is 0 Å². The zero-order chi connectivity index (χ0) is 13.6. The SMILES string of the molecule is CC(C)(N)C(=O)Nc1ccc2c(c1)S(=O)(=O)CC2.Cl. The number of sulfone groups is 1. The van der Waals surface area contributed by atoms with Crippen LogP contribution in [-0.2, 0) is 21.1 Å². The Morgan fingerprint density at radius 2 is 2.00 bits per heavy atom. The maximum Gasteiger partial charge on any atom is 0.243 e. The molecule has 1 aromatic rings. The van der Waals surface area contributed by atoms with E-state index >= 15 is 0 Å². The van der Waals surface area contributed by atoms with Crippen LogP contribution in [0.5, 0.6) is 0 Å². The molecule has 1 heterocycles. The van der Waals surface area contributed by atoms with Gasteiger partial charge in [-0.2, -0.15) is 0 Å². The van der Waals surface area contributed by atoms with E-state index in [0.717, 1.165) is 5.56 Å². The van der Waals surface area contributed by atoms with E-state index in [1.54, 1.807) is 26.0 Å². The molecule has 7 heteroatoms. The molecule has 0 bridgehead atoms. The van der Waals surface area contributed by atoms with E-state index in [9.17, 15) is 13.2 Å². The van der Waals surface area contributed by atoms with Crippen LogP contribution in [0.2, 0.25) is 0 Å². The molecular formula is C12H17ClN2O3S. The number of hydrogen-bond donors (Lipinski definition) is 2. The van der Waals surface area contributed by atoms with Crippen LogP contribution in [0, 0.1) is 0 Å². The van der Waals surface area contributed by atoms with Crippen LogP contribution in [0.15, 0.2) is 23.1 Å². The fraction of sp³-hybridized carbons (Fsp3) is 0.417. The molecule has 0 saturated carbocycles. The first-order valence-electron chi connectivity index (χ1n) is 5.66. The molecule has 19 heavy (non-hydrogen) atoms. The number of anilines is 1. The van der Waals surface area contributed by atoms with Crippen molar-refractivity contribution >= 4 is 33.8 Å². The Morgan fingerprint density at radius 1 is 1.37 bits per heavy atom. The van der Waals surface area contributed by atoms with E-state index in [-0.39, 0.29) is 24.1 Å². The quantitative estimate of drug-likeness (QED) is 0.856. The zero-order valence-corrected chi connectivity index (χ0v) is 12.4. The van der Waals surface area contributed by atoms with Gasteiger partial charge in [0.25, 0.3) is 0 Å². The molecule has 5 nitrogen and oxygen atoms in total. The van der Waals surface area contributed by atoms with Crippen LogP contribution in [0.3, 0.4) is 0 Å². The molecule has 2 rings (SSSR count). The first-order chi connectivity index (χ1) is 8.20. The Bertz CT molecular complexity index is 606. The summed E-state index contributed by atoms with van der Waals surface area (Å²) >= 11 is 0. The minimum absolute atomic E-state index is 0. The van der Waals surface area contributed by atoms with Crippen molar-refractivity contribution in [2.24, 2.45) is 5.73 Å². The number of halogens is 1. The molecular weight excluding hydrogens is 288 g/mol. The van der Waals surface area contributed by atoms with Crippen molar-refractivity contribution in [3.63, 3.8) is 0 Å². The van der Waals surface area contributed by atoms with Gasteiger partial charge in [-0.25, -0.2) is 8.42 Å². The number of nitrogens with one attached hydrogen (secondary N) is 1. The molecule has 0 unspecified atom stereocenters. The summed E-state index contributed by atoms with van der Waals surface area (Å²) in [5, 5.41) is 2.62. The van der Waals surface area contributed by atoms with Gasteiger partial charge >= 0.3 is 0 Å². The Morgan fingerprint density at radius 3 is 2.58 bits per heavy atom. The van der Waals surface area contributed by atoms with Gasteiger partial charge in [-0.3, -0.25) is 4.79 Å². The van der Waals surface area contributed by atoms with E-state index in [4.69, 9.17) is 5.73 Å². The third kappa shape index (κ3) is 3.26. The number of carbonyl (C=O) groups excluding carboxylic acids is 1. The first-order valence-corrected chi connectivity index (χ1v) is 7.31. The van der Waals surface area contributed by atoms with Crippen molar-refractivity contribution in [1.29, 1.82) is 0 Å². The van der Waals surface area contributed by atoms with Crippen molar-refractivity contribution in [3.8, 4) is 0 Å². The second kappa shape index (κ2) is 5.11.